The van der Waals surface area contributed by atoms with Crippen molar-refractivity contribution in [3.63, 3.8) is 0 Å². The third kappa shape index (κ3) is 3.16. The summed E-state index contributed by atoms with van der Waals surface area (Å²) in [4.78, 5) is 1.79. The van der Waals surface area contributed by atoms with Crippen molar-refractivity contribution in [3.05, 3.63) is 53.8 Å². The molecule has 2 aromatic carbocycles. The summed E-state index contributed by atoms with van der Waals surface area (Å²) in [5, 5.41) is 3.11. The van der Waals surface area contributed by atoms with Crippen molar-refractivity contribution in [2.45, 2.75) is 13.0 Å². The van der Waals surface area contributed by atoms with E-state index in [0.29, 0.717) is 11.4 Å². The van der Waals surface area contributed by atoms with E-state index in [1.807, 2.05) is 51.4 Å². The molecule has 1 N–H and O–H groups in total. The molecule has 0 saturated carbocycles. The van der Waals surface area contributed by atoms with Crippen LogP contribution >= 0.6 is 0 Å². The molecule has 2 aromatic rings. The van der Waals surface area contributed by atoms with Crippen LogP contribution in [0.15, 0.2) is 42.5 Å². The highest BCUT2D eigenvalue weighted by molar-refractivity contribution is 5.69. The van der Waals surface area contributed by atoms with Crippen molar-refractivity contribution in [1.82, 2.24) is 5.32 Å². The van der Waals surface area contributed by atoms with Crippen LogP contribution < -0.4 is 15.0 Å². The Kier molecular flexibility index (Phi) is 4.81. The lowest BCUT2D eigenvalue weighted by Crippen LogP contribution is -2.15. The Balaban J connectivity index is 2.37. The summed E-state index contributed by atoms with van der Waals surface area (Å²) < 4.78 is 19.7. The number of halogens is 1. The molecule has 0 fully saturated rings. The lowest BCUT2D eigenvalue weighted by molar-refractivity contribution is 0.415. The summed E-state index contributed by atoms with van der Waals surface area (Å²) in [6.45, 7) is 2.00. The van der Waals surface area contributed by atoms with Gasteiger partial charge in [0.2, 0.25) is 0 Å². The lowest BCUT2D eigenvalue weighted by atomic mass is 10.1. The smallest absolute Gasteiger partial charge is 0.147 e. The second-order valence-electron chi connectivity index (χ2n) is 4.95. The second kappa shape index (κ2) is 6.59. The van der Waals surface area contributed by atoms with E-state index < -0.39 is 0 Å². The van der Waals surface area contributed by atoms with Gasteiger partial charge in [-0.1, -0.05) is 18.2 Å². The van der Waals surface area contributed by atoms with Crippen LogP contribution in [0.4, 0.5) is 15.8 Å². The van der Waals surface area contributed by atoms with Crippen LogP contribution in [-0.4, -0.2) is 21.2 Å². The molecule has 2 rings (SSSR count). The summed E-state index contributed by atoms with van der Waals surface area (Å²) in [5.41, 5.74) is 2.27. The van der Waals surface area contributed by atoms with Gasteiger partial charge in [0.05, 0.1) is 18.5 Å². The van der Waals surface area contributed by atoms with Crippen LogP contribution in [0.3, 0.4) is 0 Å². The number of hydrogen-bond acceptors (Lipinski definition) is 3. The van der Waals surface area contributed by atoms with Crippen LogP contribution in [0.5, 0.6) is 5.75 Å². The van der Waals surface area contributed by atoms with Crippen molar-refractivity contribution in [2.24, 2.45) is 0 Å². The minimum atomic E-state index is -0.247. The van der Waals surface area contributed by atoms with Gasteiger partial charge in [0.15, 0.2) is 0 Å². The van der Waals surface area contributed by atoms with Crippen LogP contribution in [0.25, 0.3) is 0 Å². The predicted molar refractivity (Wildman–Crippen MR) is 84.9 cm³/mol. The van der Waals surface area contributed by atoms with E-state index in [9.17, 15) is 4.39 Å². The predicted octanol–water partition coefficient (Wildman–Crippen LogP) is 3.88. The standard InChI is InChI=1S/C17H21FN2O/c1-12(19-2)13-9-10-15(14(18)11-13)20(3)16-7-5-6-8-17(16)21-4/h5-12,19H,1-4H3. The first-order valence-electron chi connectivity index (χ1n) is 6.92. The number of ether oxygens (including phenoxy) is 1. The highest BCUT2D eigenvalue weighted by Gasteiger charge is 2.14. The van der Waals surface area contributed by atoms with Crippen molar-refractivity contribution < 1.29 is 9.13 Å². The Morgan fingerprint density at radius 3 is 2.48 bits per heavy atom. The van der Waals surface area contributed by atoms with E-state index in [4.69, 9.17) is 4.74 Å². The van der Waals surface area contributed by atoms with Crippen LogP contribution in [-0.2, 0) is 0 Å². The maximum Gasteiger partial charge on any atom is 0.147 e. The van der Waals surface area contributed by atoms with E-state index in [1.165, 1.54) is 0 Å². The zero-order valence-electron chi connectivity index (χ0n) is 12.9. The molecule has 4 heteroatoms. The van der Waals surface area contributed by atoms with E-state index in [-0.39, 0.29) is 11.9 Å². The first kappa shape index (κ1) is 15.3. The zero-order chi connectivity index (χ0) is 15.4. The molecule has 0 spiro atoms. The van der Waals surface area contributed by atoms with E-state index in [0.717, 1.165) is 11.3 Å². The fraction of sp³-hybridized carbons (Fsp3) is 0.294. The minimum Gasteiger partial charge on any atom is -0.495 e. The zero-order valence-corrected chi connectivity index (χ0v) is 12.9. The second-order valence-corrected chi connectivity index (χ2v) is 4.95. The van der Waals surface area contributed by atoms with Gasteiger partial charge in [-0.3, -0.25) is 0 Å². The maximum atomic E-state index is 14.4. The number of anilines is 2. The van der Waals surface area contributed by atoms with Gasteiger partial charge in [-0.05, 0) is 43.8 Å². The van der Waals surface area contributed by atoms with E-state index in [2.05, 4.69) is 5.32 Å². The topological polar surface area (TPSA) is 24.5 Å². The fourth-order valence-corrected chi connectivity index (χ4v) is 2.27. The largest absolute Gasteiger partial charge is 0.495 e. The Hall–Kier alpha value is -2.07. The van der Waals surface area contributed by atoms with Crippen molar-refractivity contribution in [1.29, 1.82) is 0 Å². The molecule has 0 bridgehead atoms. The number of nitrogens with zero attached hydrogens (tertiary/aromatic N) is 1. The molecule has 3 nitrogen and oxygen atoms in total. The minimum absolute atomic E-state index is 0.116. The van der Waals surface area contributed by atoms with Crippen LogP contribution in [0.1, 0.15) is 18.5 Å². The molecule has 0 radical (unpaired) electrons. The molecule has 0 heterocycles. The molecule has 21 heavy (non-hydrogen) atoms. The van der Waals surface area contributed by atoms with E-state index >= 15 is 0 Å². The van der Waals surface area contributed by atoms with Crippen molar-refractivity contribution in [2.75, 3.05) is 26.1 Å². The molecule has 112 valence electrons. The number of benzene rings is 2. The molecular formula is C17H21FN2O. The summed E-state index contributed by atoms with van der Waals surface area (Å²) in [5.74, 6) is 0.468. The number of nitrogens with one attached hydrogen (secondary N) is 1. The molecule has 0 aliphatic carbocycles. The highest BCUT2D eigenvalue weighted by atomic mass is 19.1. The van der Waals surface area contributed by atoms with Crippen molar-refractivity contribution in [3.8, 4) is 5.75 Å². The third-order valence-corrected chi connectivity index (χ3v) is 3.71. The van der Waals surface area contributed by atoms with Gasteiger partial charge in [-0.2, -0.15) is 0 Å². The van der Waals surface area contributed by atoms with Gasteiger partial charge in [0, 0.05) is 13.1 Å². The van der Waals surface area contributed by atoms with E-state index in [1.54, 1.807) is 24.1 Å². The summed E-state index contributed by atoms with van der Waals surface area (Å²) in [6, 6.07) is 13.0. The van der Waals surface area contributed by atoms with Crippen LogP contribution in [0.2, 0.25) is 0 Å². The van der Waals surface area contributed by atoms with Gasteiger partial charge in [-0.15, -0.1) is 0 Å². The molecular weight excluding hydrogens is 267 g/mol. The molecule has 0 aliphatic heterocycles. The number of rotatable bonds is 5. The monoisotopic (exact) mass is 288 g/mol. The summed E-state index contributed by atoms with van der Waals surface area (Å²) in [7, 11) is 5.30. The Morgan fingerprint density at radius 1 is 1.14 bits per heavy atom. The number of methoxy groups -OCH3 is 1. The third-order valence-electron chi connectivity index (χ3n) is 3.71. The maximum absolute atomic E-state index is 14.4. The first-order chi connectivity index (χ1) is 10.1. The SMILES string of the molecule is CNC(C)c1ccc(N(C)c2ccccc2OC)c(F)c1. The van der Waals surface area contributed by atoms with Crippen molar-refractivity contribution >= 4 is 11.4 Å². The summed E-state index contributed by atoms with van der Waals surface area (Å²) in [6.07, 6.45) is 0. The average Bonchev–Trinajstić information content (AvgIpc) is 2.53. The van der Waals surface area contributed by atoms with Gasteiger partial charge in [0.1, 0.15) is 11.6 Å². The quantitative estimate of drug-likeness (QED) is 0.903. The molecule has 0 saturated heterocycles. The number of hydrogen-bond donors (Lipinski definition) is 1. The first-order valence-corrected chi connectivity index (χ1v) is 6.92. The molecule has 0 aromatic heterocycles. The fourth-order valence-electron chi connectivity index (χ4n) is 2.27. The normalized spacial score (nSPS) is 12.0. The van der Waals surface area contributed by atoms with Gasteiger partial charge < -0.3 is 15.0 Å². The van der Waals surface area contributed by atoms with Gasteiger partial charge in [0.25, 0.3) is 0 Å². The van der Waals surface area contributed by atoms with Gasteiger partial charge in [-0.25, -0.2) is 4.39 Å². The molecule has 0 amide bonds. The Morgan fingerprint density at radius 2 is 1.86 bits per heavy atom. The Bertz CT molecular complexity index is 615. The lowest BCUT2D eigenvalue weighted by Gasteiger charge is -2.23. The van der Waals surface area contributed by atoms with Gasteiger partial charge >= 0.3 is 0 Å². The number of para-hydroxylation sites is 2. The average molecular weight is 288 g/mol. The molecule has 0 aliphatic rings. The Labute approximate surface area is 125 Å². The highest BCUT2D eigenvalue weighted by Crippen LogP contribution is 2.34. The van der Waals surface area contributed by atoms with Crippen LogP contribution in [0, 0.1) is 5.82 Å². The molecule has 1 atom stereocenters. The molecule has 1 unspecified atom stereocenters. The summed E-state index contributed by atoms with van der Waals surface area (Å²) >= 11 is 0.